The minimum atomic E-state index is -3.54. The van der Waals surface area contributed by atoms with Crippen LogP contribution >= 0.6 is 0 Å². The van der Waals surface area contributed by atoms with Crippen LogP contribution in [0.4, 0.5) is 0 Å². The van der Waals surface area contributed by atoms with E-state index in [1.54, 1.807) is 24.3 Å². The Morgan fingerprint density at radius 1 is 1.00 bits per heavy atom. The van der Waals surface area contributed by atoms with Crippen molar-refractivity contribution in [1.29, 1.82) is 0 Å². The fraction of sp³-hybridized carbons (Fsp3) is 0.417. The number of rotatable bonds is 7. The predicted molar refractivity (Wildman–Crippen MR) is 122 cm³/mol. The maximum absolute atomic E-state index is 13.1. The first kappa shape index (κ1) is 22.5. The molecule has 1 fully saturated rings. The van der Waals surface area contributed by atoms with Crippen LogP contribution in [0.5, 0.6) is 0 Å². The number of quaternary nitrogens is 1. The van der Waals surface area contributed by atoms with Gasteiger partial charge in [0.25, 0.3) is 10.0 Å². The van der Waals surface area contributed by atoms with Gasteiger partial charge in [-0.2, -0.15) is 0 Å². The number of amidine groups is 1. The number of aliphatic imine (C=N–C) groups is 1. The average molecular weight is 457 g/mol. The fourth-order valence-corrected chi connectivity index (χ4v) is 5.67. The van der Waals surface area contributed by atoms with E-state index in [1.807, 2.05) is 30.3 Å². The van der Waals surface area contributed by atoms with Crippen molar-refractivity contribution in [2.75, 3.05) is 26.2 Å². The minimum absolute atomic E-state index is 0.201. The van der Waals surface area contributed by atoms with Crippen molar-refractivity contribution >= 4 is 21.8 Å². The monoisotopic (exact) mass is 456 g/mol. The molecular weight excluding hydrogens is 426 g/mol. The number of sulfonamides is 1. The van der Waals surface area contributed by atoms with E-state index in [0.29, 0.717) is 24.4 Å². The maximum Gasteiger partial charge on any atom is 0.369 e. The van der Waals surface area contributed by atoms with Crippen molar-refractivity contribution in [2.45, 2.75) is 43.0 Å². The van der Waals surface area contributed by atoms with Crippen LogP contribution < -0.4 is 9.62 Å². The molecule has 2 aromatic carbocycles. The highest BCUT2D eigenvalue weighted by atomic mass is 32.2. The molecule has 7 nitrogen and oxygen atoms in total. The van der Waals surface area contributed by atoms with E-state index in [4.69, 9.17) is 4.74 Å². The van der Waals surface area contributed by atoms with Gasteiger partial charge in [0.05, 0.1) is 24.6 Å². The Balaban J connectivity index is 1.35. The molecule has 0 amide bonds. The molecular formula is C24H30N3O4S+. The second-order valence-corrected chi connectivity index (χ2v) is 9.92. The van der Waals surface area contributed by atoms with Gasteiger partial charge in [-0.25, -0.2) is 13.2 Å². The van der Waals surface area contributed by atoms with E-state index in [-0.39, 0.29) is 23.5 Å². The maximum atomic E-state index is 13.1. The van der Waals surface area contributed by atoms with Crippen molar-refractivity contribution in [2.24, 2.45) is 4.99 Å². The molecule has 1 saturated heterocycles. The third-order valence-electron chi connectivity index (χ3n) is 6.00. The lowest BCUT2D eigenvalue weighted by Gasteiger charge is -2.26. The summed E-state index contributed by atoms with van der Waals surface area (Å²) >= 11 is 0. The second-order valence-electron chi connectivity index (χ2n) is 8.27. The molecule has 2 aliphatic heterocycles. The molecule has 2 heterocycles. The molecule has 2 aliphatic rings. The molecule has 0 aliphatic carbocycles. The van der Waals surface area contributed by atoms with Gasteiger partial charge in [-0.1, -0.05) is 42.5 Å². The van der Waals surface area contributed by atoms with Gasteiger partial charge in [0.1, 0.15) is 5.84 Å². The number of carbonyl (C=O) groups excluding carboxylic acids is 1. The summed E-state index contributed by atoms with van der Waals surface area (Å²) in [5.74, 6) is 0.149. The molecule has 0 unspecified atom stereocenters. The van der Waals surface area contributed by atoms with E-state index in [9.17, 15) is 13.2 Å². The van der Waals surface area contributed by atoms with E-state index in [0.717, 1.165) is 31.5 Å². The summed E-state index contributed by atoms with van der Waals surface area (Å²) in [6, 6.07) is 16.3. The van der Waals surface area contributed by atoms with Crippen LogP contribution in [0.3, 0.4) is 0 Å². The number of hydrogen-bond acceptors (Lipinski definition) is 5. The highest BCUT2D eigenvalue weighted by Crippen LogP contribution is 2.22. The smallest absolute Gasteiger partial charge is 0.369 e. The van der Waals surface area contributed by atoms with Crippen LogP contribution in [-0.4, -0.2) is 46.5 Å². The second kappa shape index (κ2) is 10.3. The number of benzene rings is 2. The molecule has 0 spiro atoms. The standard InChI is InChI=1S/C24H29N3O4S/c28-24(22(19-11-4-3-5-12-19)27-16-8-1-2-9-17-27)31-18-10-15-25-23-20-13-6-7-14-21(20)32(29,30)26-23/h3-7,11-14,22H,1-2,8-10,15-18H2,(H,25,26)/p+1/t22-/m1/s1. The van der Waals surface area contributed by atoms with E-state index in [1.165, 1.54) is 17.7 Å². The van der Waals surface area contributed by atoms with Crippen molar-refractivity contribution in [3.8, 4) is 0 Å². The number of likely N-dealkylation sites (tertiary alicyclic amines) is 1. The van der Waals surface area contributed by atoms with Gasteiger partial charge in [0.2, 0.25) is 6.04 Å². The first-order valence-electron chi connectivity index (χ1n) is 11.3. The number of esters is 1. The Hall–Kier alpha value is -2.71. The lowest BCUT2D eigenvalue weighted by molar-refractivity contribution is -0.922. The van der Waals surface area contributed by atoms with Gasteiger partial charge in [0, 0.05) is 24.1 Å². The third-order valence-corrected chi connectivity index (χ3v) is 7.40. The summed E-state index contributed by atoms with van der Waals surface area (Å²) in [6.45, 7) is 2.57. The van der Waals surface area contributed by atoms with Gasteiger partial charge in [-0.05, 0) is 37.8 Å². The molecule has 2 aromatic rings. The zero-order valence-electron chi connectivity index (χ0n) is 18.1. The van der Waals surface area contributed by atoms with Crippen LogP contribution in [0.25, 0.3) is 0 Å². The Labute approximate surface area is 189 Å². The largest absolute Gasteiger partial charge is 0.461 e. The molecule has 0 saturated carbocycles. The average Bonchev–Trinajstić information content (AvgIpc) is 2.94. The van der Waals surface area contributed by atoms with E-state index < -0.39 is 10.0 Å². The third kappa shape index (κ3) is 5.19. The van der Waals surface area contributed by atoms with E-state index >= 15 is 0 Å². The van der Waals surface area contributed by atoms with Crippen molar-refractivity contribution in [3.63, 3.8) is 0 Å². The molecule has 1 atom stereocenters. The SMILES string of the molecule is O=C(OCCCN=C1NS(=O)(=O)c2ccccc21)[C@@H](c1ccccc1)[NH+]1CCCCCC1. The predicted octanol–water partition coefficient (Wildman–Crippen LogP) is 1.86. The summed E-state index contributed by atoms with van der Waals surface area (Å²) in [6.07, 6.45) is 5.21. The summed E-state index contributed by atoms with van der Waals surface area (Å²) in [5, 5.41) is 0. The summed E-state index contributed by atoms with van der Waals surface area (Å²) in [5.41, 5.74) is 1.57. The number of nitrogens with zero attached hydrogens (tertiary/aromatic N) is 1. The van der Waals surface area contributed by atoms with Gasteiger partial charge >= 0.3 is 5.97 Å². The highest BCUT2D eigenvalue weighted by Gasteiger charge is 2.33. The van der Waals surface area contributed by atoms with Crippen molar-refractivity contribution < 1.29 is 22.8 Å². The lowest BCUT2D eigenvalue weighted by atomic mass is 10.1. The normalized spacial score (nSPS) is 20.2. The number of carbonyl (C=O) groups is 1. The summed E-state index contributed by atoms with van der Waals surface area (Å²) in [4.78, 5) is 19.0. The van der Waals surface area contributed by atoms with E-state index in [2.05, 4.69) is 9.71 Å². The van der Waals surface area contributed by atoms with Crippen LogP contribution in [0.1, 0.15) is 49.3 Å². The Morgan fingerprint density at radius 3 is 2.44 bits per heavy atom. The molecule has 170 valence electrons. The van der Waals surface area contributed by atoms with Crippen LogP contribution in [-0.2, 0) is 19.6 Å². The number of nitrogens with one attached hydrogen (secondary N) is 2. The molecule has 32 heavy (non-hydrogen) atoms. The minimum Gasteiger partial charge on any atom is -0.461 e. The number of ether oxygens (including phenoxy) is 1. The first-order chi connectivity index (χ1) is 15.6. The van der Waals surface area contributed by atoms with Crippen LogP contribution in [0.15, 0.2) is 64.5 Å². The summed E-state index contributed by atoms with van der Waals surface area (Å²) in [7, 11) is -3.54. The fourth-order valence-electron chi connectivity index (χ4n) is 4.42. The van der Waals surface area contributed by atoms with Crippen molar-refractivity contribution in [3.05, 3.63) is 65.7 Å². The van der Waals surface area contributed by atoms with Gasteiger partial charge < -0.3 is 9.64 Å². The Morgan fingerprint density at radius 2 is 1.69 bits per heavy atom. The zero-order valence-corrected chi connectivity index (χ0v) is 18.9. The van der Waals surface area contributed by atoms with Crippen molar-refractivity contribution in [1.82, 2.24) is 4.72 Å². The zero-order chi connectivity index (χ0) is 22.4. The van der Waals surface area contributed by atoms with Gasteiger partial charge in [0.15, 0.2) is 0 Å². The van der Waals surface area contributed by atoms with Crippen LogP contribution in [0, 0.1) is 0 Å². The number of fused-ring (bicyclic) bond motifs is 1. The quantitative estimate of drug-likeness (QED) is 0.492. The topological polar surface area (TPSA) is 89.3 Å². The summed E-state index contributed by atoms with van der Waals surface area (Å²) < 4.78 is 32.5. The van der Waals surface area contributed by atoms with Gasteiger partial charge in [-0.3, -0.25) is 9.71 Å². The lowest BCUT2D eigenvalue weighted by Crippen LogP contribution is -3.13. The molecule has 0 radical (unpaired) electrons. The molecule has 8 heteroatoms. The molecule has 2 N–H and O–H groups in total. The van der Waals surface area contributed by atoms with Gasteiger partial charge in [-0.15, -0.1) is 0 Å². The van der Waals surface area contributed by atoms with Crippen LogP contribution in [0.2, 0.25) is 0 Å². The first-order valence-corrected chi connectivity index (χ1v) is 12.8. The Bertz CT molecular complexity index is 1060. The molecule has 0 aromatic heterocycles. The number of hydrogen-bond donors (Lipinski definition) is 2. The molecule has 0 bridgehead atoms. The molecule has 4 rings (SSSR count). The highest BCUT2D eigenvalue weighted by molar-refractivity contribution is 7.90. The Kier molecular flexibility index (Phi) is 7.22.